The van der Waals surface area contributed by atoms with Crippen molar-refractivity contribution in [2.75, 3.05) is 37.6 Å². The summed E-state index contributed by atoms with van der Waals surface area (Å²) in [5.41, 5.74) is 3.67. The number of carbonyl (C=O) groups is 2. The maximum absolute atomic E-state index is 12.6. The monoisotopic (exact) mass is 431 g/mol. The molecule has 0 spiro atoms. The molecule has 166 valence electrons. The molecule has 7 heteroatoms. The van der Waals surface area contributed by atoms with Crippen LogP contribution in [0.15, 0.2) is 24.8 Å². The van der Waals surface area contributed by atoms with E-state index in [1.54, 1.807) is 4.90 Å². The largest absolute Gasteiger partial charge is 0.352 e. The van der Waals surface area contributed by atoms with Crippen LogP contribution in [0.5, 0.6) is 0 Å². The molecule has 0 aromatic carbocycles. The summed E-state index contributed by atoms with van der Waals surface area (Å²) >= 11 is 0. The first-order chi connectivity index (χ1) is 15.5. The van der Waals surface area contributed by atoms with Crippen molar-refractivity contribution in [3.8, 4) is 6.07 Å². The summed E-state index contributed by atoms with van der Waals surface area (Å²) < 4.78 is 0. The third kappa shape index (κ3) is 3.79. The molecule has 7 nitrogen and oxygen atoms in total. The van der Waals surface area contributed by atoms with Crippen LogP contribution in [0.25, 0.3) is 5.57 Å². The second-order valence-electron chi connectivity index (χ2n) is 9.43. The van der Waals surface area contributed by atoms with Crippen LogP contribution in [-0.4, -0.2) is 65.4 Å². The SMILES string of the molecule is C=CC(=O)N1CC=C(c2cc(C#N)c(N3CCN(C(=O)C4CC4)[C@H](C)C3)nc2C2CC2)C1. The van der Waals surface area contributed by atoms with Crippen molar-refractivity contribution in [1.82, 2.24) is 14.8 Å². The van der Waals surface area contributed by atoms with E-state index >= 15 is 0 Å². The van der Waals surface area contributed by atoms with Gasteiger partial charge >= 0.3 is 0 Å². The molecule has 0 bridgehead atoms. The molecule has 2 amide bonds. The summed E-state index contributed by atoms with van der Waals surface area (Å²) in [6.07, 6.45) is 7.65. The van der Waals surface area contributed by atoms with Gasteiger partial charge < -0.3 is 14.7 Å². The normalized spacial score (nSPS) is 23.1. The summed E-state index contributed by atoms with van der Waals surface area (Å²) in [4.78, 5) is 35.6. The number of amides is 2. The predicted octanol–water partition coefficient (Wildman–Crippen LogP) is 2.69. The molecule has 2 aliphatic heterocycles. The number of aromatic nitrogens is 1. The highest BCUT2D eigenvalue weighted by Gasteiger charge is 2.38. The number of nitrogens with zero attached hydrogens (tertiary/aromatic N) is 5. The average Bonchev–Trinajstić information content (AvgIpc) is 3.75. The maximum Gasteiger partial charge on any atom is 0.246 e. The molecule has 4 aliphatic rings. The molecule has 32 heavy (non-hydrogen) atoms. The minimum absolute atomic E-state index is 0.0816. The van der Waals surface area contributed by atoms with Crippen molar-refractivity contribution in [2.24, 2.45) is 5.92 Å². The Bertz CT molecular complexity index is 1050. The lowest BCUT2D eigenvalue weighted by Crippen LogP contribution is -2.55. The Labute approximate surface area is 189 Å². The Morgan fingerprint density at radius 3 is 2.66 bits per heavy atom. The van der Waals surface area contributed by atoms with Gasteiger partial charge in [0.15, 0.2) is 0 Å². The van der Waals surface area contributed by atoms with Crippen LogP contribution < -0.4 is 4.90 Å². The van der Waals surface area contributed by atoms with Gasteiger partial charge in [-0.25, -0.2) is 4.98 Å². The molecule has 0 N–H and O–H groups in total. The van der Waals surface area contributed by atoms with Gasteiger partial charge in [-0.05, 0) is 50.3 Å². The van der Waals surface area contributed by atoms with Gasteiger partial charge in [0.25, 0.3) is 0 Å². The summed E-state index contributed by atoms with van der Waals surface area (Å²) in [7, 11) is 0. The lowest BCUT2D eigenvalue weighted by atomic mass is 9.99. The maximum atomic E-state index is 12.6. The first-order valence-corrected chi connectivity index (χ1v) is 11.6. The Kier molecular flexibility index (Phi) is 5.24. The molecule has 1 saturated heterocycles. The van der Waals surface area contributed by atoms with E-state index in [0.29, 0.717) is 44.2 Å². The number of rotatable bonds is 5. The average molecular weight is 432 g/mol. The van der Waals surface area contributed by atoms with Crippen molar-refractivity contribution in [2.45, 2.75) is 44.6 Å². The van der Waals surface area contributed by atoms with Crippen LogP contribution in [0.4, 0.5) is 5.82 Å². The highest BCUT2D eigenvalue weighted by molar-refractivity contribution is 5.90. The van der Waals surface area contributed by atoms with E-state index in [1.807, 2.05) is 11.0 Å². The molecule has 2 aliphatic carbocycles. The van der Waals surface area contributed by atoms with Crippen LogP contribution >= 0.6 is 0 Å². The fourth-order valence-electron chi connectivity index (χ4n) is 4.86. The Hall–Kier alpha value is -3.14. The zero-order valence-corrected chi connectivity index (χ0v) is 18.6. The highest BCUT2D eigenvalue weighted by atomic mass is 16.2. The zero-order chi connectivity index (χ0) is 22.4. The molecule has 1 atom stereocenters. The predicted molar refractivity (Wildman–Crippen MR) is 122 cm³/mol. The molecule has 1 aromatic rings. The minimum Gasteiger partial charge on any atom is -0.352 e. The Morgan fingerprint density at radius 1 is 1.25 bits per heavy atom. The number of hydrogen-bond donors (Lipinski definition) is 0. The second kappa shape index (κ2) is 8.09. The van der Waals surface area contributed by atoms with E-state index in [4.69, 9.17) is 4.98 Å². The van der Waals surface area contributed by atoms with E-state index in [-0.39, 0.29) is 23.8 Å². The number of pyridine rings is 1. The summed E-state index contributed by atoms with van der Waals surface area (Å²) in [6, 6.07) is 4.43. The molecular formula is C25H29N5O2. The van der Waals surface area contributed by atoms with Crippen LogP contribution in [0.1, 0.15) is 55.3 Å². The molecule has 0 radical (unpaired) electrons. The Balaban J connectivity index is 1.41. The number of hydrogen-bond acceptors (Lipinski definition) is 5. The standard InChI is InChI=1S/C25H29N5O2/c1-3-22(31)28-9-8-19(15-28)21-12-20(13-26)24(27-23(21)17-4-5-17)29-10-11-30(16(2)14-29)25(32)18-6-7-18/h3,8,12,16-18H,1,4-7,9-11,14-15H2,2H3/t16-/m1/s1. The van der Waals surface area contributed by atoms with E-state index in [2.05, 4.69) is 30.5 Å². The molecule has 1 aromatic heterocycles. The summed E-state index contributed by atoms with van der Waals surface area (Å²) in [5, 5.41) is 9.95. The van der Waals surface area contributed by atoms with Crippen LogP contribution in [0.2, 0.25) is 0 Å². The van der Waals surface area contributed by atoms with Gasteiger partial charge in [-0.2, -0.15) is 5.26 Å². The van der Waals surface area contributed by atoms with Crippen molar-refractivity contribution >= 4 is 23.2 Å². The first-order valence-electron chi connectivity index (χ1n) is 11.6. The third-order valence-corrected chi connectivity index (χ3v) is 7.00. The molecular weight excluding hydrogens is 402 g/mol. The smallest absolute Gasteiger partial charge is 0.246 e. The zero-order valence-electron chi connectivity index (χ0n) is 18.6. The van der Waals surface area contributed by atoms with E-state index < -0.39 is 0 Å². The van der Waals surface area contributed by atoms with Crippen LogP contribution in [0.3, 0.4) is 0 Å². The quantitative estimate of drug-likeness (QED) is 0.670. The lowest BCUT2D eigenvalue weighted by Gasteiger charge is -2.41. The van der Waals surface area contributed by atoms with Gasteiger partial charge in [0.2, 0.25) is 11.8 Å². The van der Waals surface area contributed by atoms with Crippen molar-refractivity contribution in [1.29, 1.82) is 5.26 Å². The molecule has 2 saturated carbocycles. The third-order valence-electron chi connectivity index (χ3n) is 7.00. The first kappa shape index (κ1) is 20.7. The minimum atomic E-state index is -0.0816. The second-order valence-corrected chi connectivity index (χ2v) is 9.43. The summed E-state index contributed by atoms with van der Waals surface area (Å²) in [6.45, 7) is 8.81. The molecule has 3 fully saturated rings. The van der Waals surface area contributed by atoms with Crippen LogP contribution in [-0.2, 0) is 9.59 Å². The molecule has 0 unspecified atom stereocenters. The van der Waals surface area contributed by atoms with Gasteiger partial charge in [0.05, 0.1) is 11.3 Å². The van der Waals surface area contributed by atoms with Crippen molar-refractivity contribution < 1.29 is 9.59 Å². The fraction of sp³-hybridized carbons (Fsp3) is 0.520. The topological polar surface area (TPSA) is 80.5 Å². The molecule has 3 heterocycles. The van der Waals surface area contributed by atoms with Gasteiger partial charge in [-0.15, -0.1) is 0 Å². The van der Waals surface area contributed by atoms with Gasteiger partial charge in [0.1, 0.15) is 11.9 Å². The van der Waals surface area contributed by atoms with Crippen molar-refractivity contribution in [3.63, 3.8) is 0 Å². The lowest BCUT2D eigenvalue weighted by molar-refractivity contribution is -0.135. The number of piperazine rings is 1. The van der Waals surface area contributed by atoms with Crippen molar-refractivity contribution in [3.05, 3.63) is 41.6 Å². The van der Waals surface area contributed by atoms with Crippen LogP contribution in [0, 0.1) is 17.2 Å². The summed E-state index contributed by atoms with van der Waals surface area (Å²) in [5.74, 6) is 1.58. The number of nitriles is 1. The highest BCUT2D eigenvalue weighted by Crippen LogP contribution is 2.44. The fourth-order valence-corrected chi connectivity index (χ4v) is 4.86. The molecule has 5 rings (SSSR count). The van der Waals surface area contributed by atoms with Gasteiger partial charge in [0, 0.05) is 56.2 Å². The number of anilines is 1. The van der Waals surface area contributed by atoms with E-state index in [9.17, 15) is 14.9 Å². The van der Waals surface area contributed by atoms with E-state index in [1.165, 1.54) is 6.08 Å². The number of carbonyl (C=O) groups excluding carboxylic acids is 2. The van der Waals surface area contributed by atoms with Gasteiger partial charge in [-0.1, -0.05) is 12.7 Å². The van der Waals surface area contributed by atoms with Gasteiger partial charge in [-0.3, -0.25) is 9.59 Å². The van der Waals surface area contributed by atoms with E-state index in [0.717, 1.165) is 48.3 Å². The Morgan fingerprint density at radius 2 is 2.03 bits per heavy atom.